The zero-order valence-electron chi connectivity index (χ0n) is 14.7. The van der Waals surface area contributed by atoms with Crippen LogP contribution in [0.2, 0.25) is 0 Å². The molecule has 1 N–H and O–H groups in total. The van der Waals surface area contributed by atoms with Crippen molar-refractivity contribution in [3.05, 3.63) is 0 Å². The van der Waals surface area contributed by atoms with Gasteiger partial charge in [0, 0.05) is 12.5 Å². The van der Waals surface area contributed by atoms with Crippen molar-refractivity contribution >= 4 is 11.7 Å². The molecule has 3 heteroatoms. The van der Waals surface area contributed by atoms with Gasteiger partial charge in [-0.1, -0.05) is 65.2 Å². The Bertz CT molecular complexity index is 327. The van der Waals surface area contributed by atoms with Crippen molar-refractivity contribution in [2.75, 3.05) is 0 Å². The van der Waals surface area contributed by atoms with Crippen LogP contribution in [0, 0.1) is 5.92 Å². The van der Waals surface area contributed by atoms with E-state index in [1.165, 1.54) is 51.4 Å². The molecular formula is C19H35NO2. The molecular weight excluding hydrogens is 274 g/mol. The number of carbonyl (C=O) groups is 2. The standard InChI is InChI=1S/C19H35NO2/c1-3-4-5-6-7-8-9-13-17(21)15-19(22)20-18-14-11-10-12-16(18)2/h16,18H,3-15H2,1-2H3,(H,20,22)/t16?,18-/m0/s1. The number of rotatable bonds is 11. The van der Waals surface area contributed by atoms with E-state index in [1.807, 2.05) is 0 Å². The van der Waals surface area contributed by atoms with Crippen molar-refractivity contribution in [1.29, 1.82) is 0 Å². The molecule has 1 amide bonds. The Kier molecular flexibility index (Phi) is 10.2. The summed E-state index contributed by atoms with van der Waals surface area (Å²) in [6, 6.07) is 0.285. The van der Waals surface area contributed by atoms with Crippen molar-refractivity contribution in [3.8, 4) is 0 Å². The highest BCUT2D eigenvalue weighted by atomic mass is 16.2. The average Bonchev–Trinajstić information content (AvgIpc) is 2.48. The molecule has 0 bridgehead atoms. The first-order valence-electron chi connectivity index (χ1n) is 9.44. The molecule has 0 aromatic carbocycles. The number of hydrogen-bond acceptors (Lipinski definition) is 2. The van der Waals surface area contributed by atoms with E-state index in [1.54, 1.807) is 0 Å². The summed E-state index contributed by atoms with van der Waals surface area (Å²) in [7, 11) is 0. The van der Waals surface area contributed by atoms with Gasteiger partial charge in [-0.15, -0.1) is 0 Å². The summed E-state index contributed by atoms with van der Waals surface area (Å²) in [5.41, 5.74) is 0. The Morgan fingerprint density at radius 3 is 2.27 bits per heavy atom. The molecule has 1 saturated carbocycles. The predicted molar refractivity (Wildman–Crippen MR) is 91.8 cm³/mol. The van der Waals surface area contributed by atoms with E-state index in [0.29, 0.717) is 12.3 Å². The third-order valence-electron chi connectivity index (χ3n) is 4.87. The summed E-state index contributed by atoms with van der Waals surface area (Å²) >= 11 is 0. The van der Waals surface area contributed by atoms with Crippen LogP contribution in [0.15, 0.2) is 0 Å². The zero-order valence-corrected chi connectivity index (χ0v) is 14.7. The largest absolute Gasteiger partial charge is 0.353 e. The Hall–Kier alpha value is -0.860. The molecule has 0 aromatic heterocycles. The Morgan fingerprint density at radius 2 is 1.59 bits per heavy atom. The van der Waals surface area contributed by atoms with Crippen LogP contribution in [0.4, 0.5) is 0 Å². The molecule has 0 aliphatic heterocycles. The fraction of sp³-hybridized carbons (Fsp3) is 0.895. The SMILES string of the molecule is CCCCCCCCCC(=O)CC(=O)N[C@H]1CCCCC1C. The molecule has 1 fully saturated rings. The third kappa shape index (κ3) is 8.55. The third-order valence-corrected chi connectivity index (χ3v) is 4.87. The number of amides is 1. The summed E-state index contributed by atoms with van der Waals surface area (Å²) in [4.78, 5) is 23.8. The van der Waals surface area contributed by atoms with E-state index in [4.69, 9.17) is 0 Å². The average molecular weight is 309 g/mol. The highest BCUT2D eigenvalue weighted by Crippen LogP contribution is 2.23. The van der Waals surface area contributed by atoms with E-state index in [2.05, 4.69) is 19.2 Å². The predicted octanol–water partition coefficient (Wildman–Crippen LogP) is 4.78. The molecule has 0 spiro atoms. The molecule has 128 valence electrons. The van der Waals surface area contributed by atoms with Crippen LogP contribution in [-0.4, -0.2) is 17.7 Å². The van der Waals surface area contributed by atoms with Crippen molar-refractivity contribution in [1.82, 2.24) is 5.32 Å². The molecule has 2 atom stereocenters. The van der Waals surface area contributed by atoms with Gasteiger partial charge in [0.05, 0.1) is 6.42 Å². The second-order valence-corrected chi connectivity index (χ2v) is 7.02. The lowest BCUT2D eigenvalue weighted by atomic mass is 9.86. The van der Waals surface area contributed by atoms with Crippen LogP contribution in [0.1, 0.15) is 97.3 Å². The molecule has 1 rings (SSSR count). The lowest BCUT2D eigenvalue weighted by molar-refractivity contribution is -0.129. The first-order chi connectivity index (χ1) is 10.6. The molecule has 0 radical (unpaired) electrons. The topological polar surface area (TPSA) is 46.2 Å². The molecule has 1 aliphatic rings. The van der Waals surface area contributed by atoms with Crippen molar-refractivity contribution in [2.45, 2.75) is 103 Å². The molecule has 22 heavy (non-hydrogen) atoms. The monoisotopic (exact) mass is 309 g/mol. The maximum absolute atomic E-state index is 11.9. The Labute approximate surface area is 136 Å². The lowest BCUT2D eigenvalue weighted by Crippen LogP contribution is -2.41. The number of hydrogen-bond donors (Lipinski definition) is 1. The van der Waals surface area contributed by atoms with Gasteiger partial charge in [0.25, 0.3) is 0 Å². The highest BCUT2D eigenvalue weighted by Gasteiger charge is 2.23. The first kappa shape index (κ1) is 19.2. The number of ketones is 1. The molecule has 3 nitrogen and oxygen atoms in total. The van der Waals surface area contributed by atoms with Crippen LogP contribution in [0.5, 0.6) is 0 Å². The van der Waals surface area contributed by atoms with Gasteiger partial charge in [-0.2, -0.15) is 0 Å². The van der Waals surface area contributed by atoms with E-state index in [0.717, 1.165) is 19.3 Å². The first-order valence-corrected chi connectivity index (χ1v) is 9.44. The van der Waals surface area contributed by atoms with Gasteiger partial charge in [0.15, 0.2) is 0 Å². The quantitative estimate of drug-likeness (QED) is 0.441. The summed E-state index contributed by atoms with van der Waals surface area (Å²) in [5.74, 6) is 0.595. The lowest BCUT2D eigenvalue weighted by Gasteiger charge is -2.29. The Balaban J connectivity index is 2.05. The van der Waals surface area contributed by atoms with E-state index in [9.17, 15) is 9.59 Å². The van der Waals surface area contributed by atoms with Crippen molar-refractivity contribution in [3.63, 3.8) is 0 Å². The van der Waals surface area contributed by atoms with Crippen LogP contribution < -0.4 is 5.32 Å². The smallest absolute Gasteiger partial charge is 0.227 e. The van der Waals surface area contributed by atoms with Crippen LogP contribution in [0.3, 0.4) is 0 Å². The summed E-state index contributed by atoms with van der Waals surface area (Å²) in [6.07, 6.45) is 13.8. The maximum atomic E-state index is 11.9. The van der Waals surface area contributed by atoms with Crippen molar-refractivity contribution < 1.29 is 9.59 Å². The van der Waals surface area contributed by atoms with Gasteiger partial charge < -0.3 is 5.32 Å². The number of unbranched alkanes of at least 4 members (excludes halogenated alkanes) is 6. The minimum atomic E-state index is -0.0632. The number of Topliss-reactive ketones (excluding diaryl/α,β-unsaturated/α-hetero) is 1. The fourth-order valence-electron chi connectivity index (χ4n) is 3.34. The Morgan fingerprint density at radius 1 is 0.955 bits per heavy atom. The minimum absolute atomic E-state index is 0.0632. The molecule has 0 saturated heterocycles. The highest BCUT2D eigenvalue weighted by molar-refractivity contribution is 5.98. The molecule has 0 heterocycles. The summed E-state index contributed by atoms with van der Waals surface area (Å²) in [6.45, 7) is 4.42. The number of carbonyl (C=O) groups excluding carboxylic acids is 2. The zero-order chi connectivity index (χ0) is 16.2. The van der Waals surface area contributed by atoms with Crippen LogP contribution in [0.25, 0.3) is 0 Å². The van der Waals surface area contributed by atoms with E-state index >= 15 is 0 Å². The van der Waals surface area contributed by atoms with Crippen molar-refractivity contribution in [2.24, 2.45) is 5.92 Å². The normalized spacial score (nSPS) is 21.5. The van der Waals surface area contributed by atoms with E-state index < -0.39 is 0 Å². The van der Waals surface area contributed by atoms with E-state index in [-0.39, 0.29) is 24.2 Å². The number of nitrogens with one attached hydrogen (secondary N) is 1. The van der Waals surface area contributed by atoms with Crippen LogP contribution in [-0.2, 0) is 9.59 Å². The molecule has 1 aliphatic carbocycles. The summed E-state index contributed by atoms with van der Waals surface area (Å²) in [5, 5.41) is 3.06. The van der Waals surface area contributed by atoms with Gasteiger partial charge in [0.2, 0.25) is 5.91 Å². The van der Waals surface area contributed by atoms with Crippen LogP contribution >= 0.6 is 0 Å². The minimum Gasteiger partial charge on any atom is -0.353 e. The maximum Gasteiger partial charge on any atom is 0.227 e. The van der Waals surface area contributed by atoms with Gasteiger partial charge in [0.1, 0.15) is 5.78 Å². The summed E-state index contributed by atoms with van der Waals surface area (Å²) < 4.78 is 0. The van der Waals surface area contributed by atoms with Gasteiger partial charge >= 0.3 is 0 Å². The van der Waals surface area contributed by atoms with Gasteiger partial charge in [-0.3, -0.25) is 9.59 Å². The van der Waals surface area contributed by atoms with Gasteiger partial charge in [-0.25, -0.2) is 0 Å². The van der Waals surface area contributed by atoms with Gasteiger partial charge in [-0.05, 0) is 25.2 Å². The second kappa shape index (κ2) is 11.7. The fourth-order valence-corrected chi connectivity index (χ4v) is 3.34. The second-order valence-electron chi connectivity index (χ2n) is 7.02. The molecule has 1 unspecified atom stereocenters. The molecule has 0 aromatic rings.